The van der Waals surface area contributed by atoms with Gasteiger partial charge in [0.1, 0.15) is 11.4 Å². The van der Waals surface area contributed by atoms with Gasteiger partial charge in [0.15, 0.2) is 6.10 Å². The zero-order valence-corrected chi connectivity index (χ0v) is 16.8. The number of imidazole rings is 1. The van der Waals surface area contributed by atoms with Crippen LogP contribution in [0.1, 0.15) is 31.5 Å². The zero-order chi connectivity index (χ0) is 20.9. The van der Waals surface area contributed by atoms with Crippen LogP contribution in [0.4, 0.5) is 8.78 Å². The molecule has 1 atom stereocenters. The minimum atomic E-state index is -2.71. The molecule has 4 heterocycles. The Morgan fingerprint density at radius 3 is 2.37 bits per heavy atom. The fourth-order valence-corrected chi connectivity index (χ4v) is 5.04. The van der Waals surface area contributed by atoms with E-state index in [4.69, 9.17) is 9.47 Å². The number of halogens is 2. The van der Waals surface area contributed by atoms with Gasteiger partial charge in [0.25, 0.3) is 5.91 Å². The predicted octanol–water partition coefficient (Wildman–Crippen LogP) is 1.00. The zero-order valence-electron chi connectivity index (χ0n) is 16.8. The van der Waals surface area contributed by atoms with Gasteiger partial charge in [-0.3, -0.25) is 9.59 Å². The SMILES string of the molecule is O=C(C1CC(F)(F)C1)N1CCC2(CC1)OC(C(=O)N1CCOCC1)Cn1ccnc12. The third-order valence-electron chi connectivity index (χ3n) is 6.77. The maximum atomic E-state index is 13.2. The molecule has 10 heteroatoms. The number of fused-ring (bicyclic) bond motifs is 2. The highest BCUT2D eigenvalue weighted by atomic mass is 19.3. The largest absolute Gasteiger partial charge is 0.378 e. The van der Waals surface area contributed by atoms with E-state index >= 15 is 0 Å². The lowest BCUT2D eigenvalue weighted by atomic mass is 9.79. The number of likely N-dealkylation sites (tertiary alicyclic amines) is 1. The van der Waals surface area contributed by atoms with Crippen molar-refractivity contribution in [3.8, 4) is 0 Å². The molecular weight excluding hydrogens is 398 g/mol. The number of carbonyl (C=O) groups excluding carboxylic acids is 2. The van der Waals surface area contributed by atoms with Crippen LogP contribution < -0.4 is 0 Å². The Morgan fingerprint density at radius 1 is 1.03 bits per heavy atom. The minimum Gasteiger partial charge on any atom is -0.378 e. The van der Waals surface area contributed by atoms with Crippen LogP contribution in [-0.4, -0.2) is 82.6 Å². The van der Waals surface area contributed by atoms with Crippen molar-refractivity contribution in [2.24, 2.45) is 5.92 Å². The second-order valence-electron chi connectivity index (χ2n) is 8.73. The van der Waals surface area contributed by atoms with E-state index in [1.165, 1.54) is 0 Å². The highest BCUT2D eigenvalue weighted by Crippen LogP contribution is 2.45. The number of hydrogen-bond acceptors (Lipinski definition) is 5. The molecule has 164 valence electrons. The second-order valence-corrected chi connectivity index (χ2v) is 8.73. The fourth-order valence-electron chi connectivity index (χ4n) is 5.04. The van der Waals surface area contributed by atoms with E-state index in [1.807, 2.05) is 10.8 Å². The molecule has 0 N–H and O–H groups in total. The maximum Gasteiger partial charge on any atom is 0.253 e. The van der Waals surface area contributed by atoms with Gasteiger partial charge in [0, 0.05) is 70.2 Å². The Balaban J connectivity index is 1.29. The molecular formula is C20H26F2N4O4. The van der Waals surface area contributed by atoms with Crippen molar-refractivity contribution in [3.63, 3.8) is 0 Å². The second kappa shape index (κ2) is 7.26. The molecule has 1 aliphatic carbocycles. The maximum absolute atomic E-state index is 13.2. The van der Waals surface area contributed by atoms with Crippen molar-refractivity contribution in [1.29, 1.82) is 0 Å². The molecule has 4 aliphatic rings. The Bertz CT molecular complexity index is 823. The van der Waals surface area contributed by atoms with Gasteiger partial charge in [-0.1, -0.05) is 0 Å². The summed E-state index contributed by atoms with van der Waals surface area (Å²) in [6, 6.07) is 0. The van der Waals surface area contributed by atoms with Gasteiger partial charge in [-0.15, -0.1) is 0 Å². The number of carbonyl (C=O) groups is 2. The van der Waals surface area contributed by atoms with E-state index in [9.17, 15) is 18.4 Å². The Kier molecular flexibility index (Phi) is 4.81. The van der Waals surface area contributed by atoms with Gasteiger partial charge in [-0.25, -0.2) is 13.8 Å². The first-order chi connectivity index (χ1) is 14.4. The molecule has 5 rings (SSSR count). The van der Waals surface area contributed by atoms with Gasteiger partial charge >= 0.3 is 0 Å². The van der Waals surface area contributed by atoms with Gasteiger partial charge in [-0.05, 0) is 0 Å². The lowest BCUT2D eigenvalue weighted by Crippen LogP contribution is -2.57. The summed E-state index contributed by atoms with van der Waals surface area (Å²) in [4.78, 5) is 33.5. The summed E-state index contributed by atoms with van der Waals surface area (Å²) in [6.45, 7) is 3.38. The lowest BCUT2D eigenvalue weighted by molar-refractivity contribution is -0.188. The molecule has 3 fully saturated rings. The van der Waals surface area contributed by atoms with Crippen LogP contribution in [0.25, 0.3) is 0 Å². The average Bonchev–Trinajstić information content (AvgIpc) is 3.22. The number of aromatic nitrogens is 2. The number of rotatable bonds is 2. The minimum absolute atomic E-state index is 0.0489. The summed E-state index contributed by atoms with van der Waals surface area (Å²) in [5.41, 5.74) is -0.741. The van der Waals surface area contributed by atoms with Crippen molar-refractivity contribution in [2.75, 3.05) is 39.4 Å². The van der Waals surface area contributed by atoms with Gasteiger partial charge in [-0.2, -0.15) is 0 Å². The molecule has 2 amide bonds. The first-order valence-corrected chi connectivity index (χ1v) is 10.6. The van der Waals surface area contributed by atoms with Gasteiger partial charge in [0.05, 0.1) is 19.8 Å². The third-order valence-corrected chi connectivity index (χ3v) is 6.77. The number of piperidine rings is 1. The van der Waals surface area contributed by atoms with Crippen molar-refractivity contribution < 1.29 is 27.8 Å². The van der Waals surface area contributed by atoms with Crippen molar-refractivity contribution >= 4 is 11.8 Å². The Morgan fingerprint density at radius 2 is 1.70 bits per heavy atom. The van der Waals surface area contributed by atoms with E-state index in [0.29, 0.717) is 58.8 Å². The summed E-state index contributed by atoms with van der Waals surface area (Å²) in [6.07, 6.45) is 3.22. The molecule has 3 aliphatic heterocycles. The first kappa shape index (κ1) is 19.9. The van der Waals surface area contributed by atoms with Crippen LogP contribution in [0.5, 0.6) is 0 Å². The molecule has 1 spiro atoms. The van der Waals surface area contributed by atoms with E-state index in [2.05, 4.69) is 4.98 Å². The number of hydrogen-bond donors (Lipinski definition) is 0. The highest BCUT2D eigenvalue weighted by Gasteiger charge is 2.52. The molecule has 1 aromatic rings. The normalized spacial score (nSPS) is 28.1. The van der Waals surface area contributed by atoms with E-state index in [1.54, 1.807) is 16.0 Å². The number of nitrogens with zero attached hydrogens (tertiary/aromatic N) is 4. The third kappa shape index (κ3) is 3.39. The summed E-state index contributed by atoms with van der Waals surface area (Å²) >= 11 is 0. The monoisotopic (exact) mass is 424 g/mol. The Hall–Kier alpha value is -2.07. The number of ether oxygens (including phenoxy) is 2. The average molecular weight is 424 g/mol. The molecule has 8 nitrogen and oxygen atoms in total. The van der Waals surface area contributed by atoms with Crippen LogP contribution >= 0.6 is 0 Å². The van der Waals surface area contributed by atoms with Gasteiger partial charge in [0.2, 0.25) is 11.8 Å². The predicted molar refractivity (Wildman–Crippen MR) is 99.7 cm³/mol. The number of alkyl halides is 2. The first-order valence-electron chi connectivity index (χ1n) is 10.6. The number of morpholine rings is 1. The molecule has 1 saturated carbocycles. The van der Waals surface area contributed by atoms with Crippen molar-refractivity contribution in [2.45, 2.75) is 49.9 Å². The summed E-state index contributed by atoms with van der Waals surface area (Å²) in [5, 5.41) is 0. The van der Waals surface area contributed by atoms with E-state index in [-0.39, 0.29) is 24.7 Å². The van der Waals surface area contributed by atoms with Crippen LogP contribution in [0, 0.1) is 5.92 Å². The fraction of sp³-hybridized carbons (Fsp3) is 0.750. The molecule has 30 heavy (non-hydrogen) atoms. The molecule has 0 bridgehead atoms. The molecule has 2 saturated heterocycles. The Labute approximate surface area is 173 Å². The summed E-state index contributed by atoms with van der Waals surface area (Å²) in [5.74, 6) is -2.76. The van der Waals surface area contributed by atoms with Crippen molar-refractivity contribution in [3.05, 3.63) is 18.2 Å². The molecule has 1 unspecified atom stereocenters. The topological polar surface area (TPSA) is 76.9 Å². The van der Waals surface area contributed by atoms with Crippen LogP contribution in [0.2, 0.25) is 0 Å². The molecule has 0 radical (unpaired) electrons. The quantitative estimate of drug-likeness (QED) is 0.708. The van der Waals surface area contributed by atoms with Crippen LogP contribution in [-0.2, 0) is 31.2 Å². The smallest absolute Gasteiger partial charge is 0.253 e. The standard InChI is InChI=1S/C20H26F2N4O4/c21-20(22)11-14(12-20)16(27)24-4-1-19(2-5-24)18-23-3-6-26(18)13-15(30-19)17(28)25-7-9-29-10-8-25/h3,6,14-15H,1-2,4-5,7-13H2. The van der Waals surface area contributed by atoms with Crippen LogP contribution in [0.15, 0.2) is 12.4 Å². The van der Waals surface area contributed by atoms with Crippen molar-refractivity contribution in [1.82, 2.24) is 19.4 Å². The van der Waals surface area contributed by atoms with Gasteiger partial charge < -0.3 is 23.8 Å². The van der Waals surface area contributed by atoms with E-state index < -0.39 is 23.5 Å². The summed E-state index contributed by atoms with van der Waals surface area (Å²) < 4.78 is 40.0. The van der Waals surface area contributed by atoms with Crippen LogP contribution in [0.3, 0.4) is 0 Å². The van der Waals surface area contributed by atoms with E-state index in [0.717, 1.165) is 5.82 Å². The highest BCUT2D eigenvalue weighted by molar-refractivity contribution is 5.81. The molecule has 1 aromatic heterocycles. The molecule has 0 aromatic carbocycles. The summed E-state index contributed by atoms with van der Waals surface area (Å²) in [7, 11) is 0. The number of amides is 2. The lowest BCUT2D eigenvalue weighted by Gasteiger charge is -2.47.